The van der Waals surface area contributed by atoms with E-state index >= 15 is 0 Å². The summed E-state index contributed by atoms with van der Waals surface area (Å²) in [4.78, 5) is 13.8. The standard InChI is InChI=1S/C11H20BrNO2/c1-3-10(12)11(14)13-7-5-9(6-8-13)15-4-2/h9-10H,3-8H2,1-2H3. The Morgan fingerprint density at radius 2 is 2.07 bits per heavy atom. The summed E-state index contributed by atoms with van der Waals surface area (Å²) < 4.78 is 5.55. The molecule has 1 unspecified atom stereocenters. The molecule has 88 valence electrons. The molecule has 1 aliphatic heterocycles. The summed E-state index contributed by atoms with van der Waals surface area (Å²) in [5.41, 5.74) is 0. The van der Waals surface area contributed by atoms with Gasteiger partial charge in [0.25, 0.3) is 0 Å². The van der Waals surface area contributed by atoms with Crippen LogP contribution < -0.4 is 0 Å². The molecule has 1 heterocycles. The van der Waals surface area contributed by atoms with Gasteiger partial charge in [0, 0.05) is 19.7 Å². The molecule has 1 saturated heterocycles. The van der Waals surface area contributed by atoms with Crippen LogP contribution in [0.5, 0.6) is 0 Å². The van der Waals surface area contributed by atoms with E-state index < -0.39 is 0 Å². The number of halogens is 1. The Bertz CT molecular complexity index is 203. The molecule has 4 heteroatoms. The van der Waals surface area contributed by atoms with Gasteiger partial charge >= 0.3 is 0 Å². The van der Waals surface area contributed by atoms with Crippen molar-refractivity contribution in [2.45, 2.75) is 44.0 Å². The van der Waals surface area contributed by atoms with Gasteiger partial charge in [-0.05, 0) is 26.2 Å². The maximum absolute atomic E-state index is 11.8. The molecule has 1 aliphatic rings. The Labute approximate surface area is 100 Å². The summed E-state index contributed by atoms with van der Waals surface area (Å²) in [6.45, 7) is 6.49. The summed E-state index contributed by atoms with van der Waals surface area (Å²) in [6.07, 6.45) is 3.16. The van der Waals surface area contributed by atoms with E-state index in [4.69, 9.17) is 4.74 Å². The zero-order valence-electron chi connectivity index (χ0n) is 9.54. The quantitative estimate of drug-likeness (QED) is 0.738. The number of rotatable bonds is 4. The molecule has 0 aromatic rings. The Morgan fingerprint density at radius 3 is 2.53 bits per heavy atom. The van der Waals surface area contributed by atoms with Crippen LogP contribution in [0.25, 0.3) is 0 Å². The normalized spacial score (nSPS) is 20.3. The van der Waals surface area contributed by atoms with Crippen LogP contribution in [0.2, 0.25) is 0 Å². The molecular formula is C11H20BrNO2. The third-order valence-electron chi connectivity index (χ3n) is 2.78. The topological polar surface area (TPSA) is 29.5 Å². The van der Waals surface area contributed by atoms with Gasteiger partial charge in [-0.1, -0.05) is 22.9 Å². The highest BCUT2D eigenvalue weighted by atomic mass is 79.9. The Balaban J connectivity index is 2.33. The van der Waals surface area contributed by atoms with Gasteiger partial charge in [0.05, 0.1) is 10.9 Å². The van der Waals surface area contributed by atoms with Gasteiger partial charge in [0.15, 0.2) is 0 Å². The maximum Gasteiger partial charge on any atom is 0.236 e. The van der Waals surface area contributed by atoms with Gasteiger partial charge in [0.2, 0.25) is 5.91 Å². The monoisotopic (exact) mass is 277 g/mol. The molecule has 1 rings (SSSR count). The molecule has 0 aliphatic carbocycles. The summed E-state index contributed by atoms with van der Waals surface area (Å²) >= 11 is 3.40. The Kier molecular flexibility index (Phi) is 5.61. The molecule has 1 atom stereocenters. The largest absolute Gasteiger partial charge is 0.378 e. The summed E-state index contributed by atoms with van der Waals surface area (Å²) in [7, 11) is 0. The minimum absolute atomic E-state index is 0.0128. The first-order valence-corrected chi connectivity index (χ1v) is 6.65. The zero-order valence-corrected chi connectivity index (χ0v) is 11.1. The van der Waals surface area contributed by atoms with Gasteiger partial charge in [0.1, 0.15) is 0 Å². The van der Waals surface area contributed by atoms with Crippen LogP contribution in [0.4, 0.5) is 0 Å². The van der Waals surface area contributed by atoms with Gasteiger partial charge in [-0.2, -0.15) is 0 Å². The van der Waals surface area contributed by atoms with Crippen molar-refractivity contribution in [3.63, 3.8) is 0 Å². The fraction of sp³-hybridized carbons (Fsp3) is 0.909. The highest BCUT2D eigenvalue weighted by Crippen LogP contribution is 2.17. The SMILES string of the molecule is CCOC1CCN(C(=O)C(Br)CC)CC1. The van der Waals surface area contributed by atoms with Crippen molar-refractivity contribution in [2.75, 3.05) is 19.7 Å². The zero-order chi connectivity index (χ0) is 11.3. The smallest absolute Gasteiger partial charge is 0.236 e. The average molecular weight is 278 g/mol. The van der Waals surface area contributed by atoms with Crippen molar-refractivity contribution in [3.05, 3.63) is 0 Å². The highest BCUT2D eigenvalue weighted by molar-refractivity contribution is 9.10. The van der Waals surface area contributed by atoms with Crippen LogP contribution in [0.1, 0.15) is 33.1 Å². The minimum atomic E-state index is -0.0128. The van der Waals surface area contributed by atoms with Crippen molar-refractivity contribution >= 4 is 21.8 Å². The average Bonchev–Trinajstić information content (AvgIpc) is 2.28. The van der Waals surface area contributed by atoms with E-state index in [1.807, 2.05) is 18.7 Å². The third kappa shape index (κ3) is 3.76. The van der Waals surface area contributed by atoms with Crippen LogP contribution in [0.15, 0.2) is 0 Å². The lowest BCUT2D eigenvalue weighted by Gasteiger charge is -2.32. The van der Waals surface area contributed by atoms with Crippen LogP contribution in [0, 0.1) is 0 Å². The van der Waals surface area contributed by atoms with Crippen LogP contribution in [-0.2, 0) is 9.53 Å². The van der Waals surface area contributed by atoms with E-state index in [0.717, 1.165) is 39.0 Å². The molecule has 1 amide bonds. The van der Waals surface area contributed by atoms with Crippen LogP contribution in [-0.4, -0.2) is 41.4 Å². The summed E-state index contributed by atoms with van der Waals surface area (Å²) in [5.74, 6) is 0.229. The molecule has 0 aromatic carbocycles. The van der Waals surface area contributed by atoms with Gasteiger partial charge in [-0.25, -0.2) is 0 Å². The van der Waals surface area contributed by atoms with E-state index in [1.165, 1.54) is 0 Å². The number of piperidine rings is 1. The number of hydrogen-bond acceptors (Lipinski definition) is 2. The van der Waals surface area contributed by atoms with E-state index in [1.54, 1.807) is 0 Å². The first kappa shape index (κ1) is 13.0. The number of carbonyl (C=O) groups excluding carboxylic acids is 1. The van der Waals surface area contributed by atoms with E-state index in [0.29, 0.717) is 6.10 Å². The van der Waals surface area contributed by atoms with Gasteiger partial charge in [-0.3, -0.25) is 4.79 Å². The second-order valence-electron chi connectivity index (χ2n) is 3.86. The highest BCUT2D eigenvalue weighted by Gasteiger charge is 2.25. The molecule has 0 bridgehead atoms. The number of nitrogens with zero attached hydrogens (tertiary/aromatic N) is 1. The van der Waals surface area contributed by atoms with Crippen LogP contribution in [0.3, 0.4) is 0 Å². The summed E-state index contributed by atoms with van der Waals surface area (Å²) in [5, 5.41) is 0. The lowest BCUT2D eigenvalue weighted by Crippen LogP contribution is -2.43. The minimum Gasteiger partial charge on any atom is -0.378 e. The summed E-state index contributed by atoms with van der Waals surface area (Å²) in [6, 6.07) is 0. The Hall–Kier alpha value is -0.0900. The van der Waals surface area contributed by atoms with Gasteiger partial charge < -0.3 is 9.64 Å². The Morgan fingerprint density at radius 1 is 1.47 bits per heavy atom. The molecule has 1 fully saturated rings. The predicted octanol–water partition coefficient (Wildman–Crippen LogP) is 2.19. The molecular weight excluding hydrogens is 258 g/mol. The molecule has 15 heavy (non-hydrogen) atoms. The molecule has 0 spiro atoms. The van der Waals surface area contributed by atoms with Crippen molar-refractivity contribution in [3.8, 4) is 0 Å². The molecule has 3 nitrogen and oxygen atoms in total. The van der Waals surface area contributed by atoms with Crippen molar-refractivity contribution in [1.82, 2.24) is 4.90 Å². The number of likely N-dealkylation sites (tertiary alicyclic amines) is 1. The molecule has 0 N–H and O–H groups in total. The first-order chi connectivity index (χ1) is 7.19. The predicted molar refractivity (Wildman–Crippen MR) is 64.2 cm³/mol. The number of alkyl halides is 1. The number of amides is 1. The molecule has 0 aromatic heterocycles. The first-order valence-electron chi connectivity index (χ1n) is 5.73. The third-order valence-corrected chi connectivity index (χ3v) is 3.82. The van der Waals surface area contributed by atoms with E-state index in [-0.39, 0.29) is 10.7 Å². The second kappa shape index (κ2) is 6.48. The van der Waals surface area contributed by atoms with E-state index in [9.17, 15) is 4.79 Å². The van der Waals surface area contributed by atoms with E-state index in [2.05, 4.69) is 15.9 Å². The lowest BCUT2D eigenvalue weighted by atomic mass is 10.1. The fourth-order valence-corrected chi connectivity index (χ4v) is 2.14. The van der Waals surface area contributed by atoms with Crippen molar-refractivity contribution in [2.24, 2.45) is 0 Å². The van der Waals surface area contributed by atoms with Crippen LogP contribution >= 0.6 is 15.9 Å². The number of ether oxygens (including phenoxy) is 1. The number of carbonyl (C=O) groups is 1. The fourth-order valence-electron chi connectivity index (χ4n) is 1.85. The van der Waals surface area contributed by atoms with Gasteiger partial charge in [-0.15, -0.1) is 0 Å². The number of hydrogen-bond donors (Lipinski definition) is 0. The second-order valence-corrected chi connectivity index (χ2v) is 4.96. The molecule has 0 saturated carbocycles. The maximum atomic E-state index is 11.8. The lowest BCUT2D eigenvalue weighted by molar-refractivity contribution is -0.133. The van der Waals surface area contributed by atoms with Crippen molar-refractivity contribution < 1.29 is 9.53 Å². The van der Waals surface area contributed by atoms with Crippen molar-refractivity contribution in [1.29, 1.82) is 0 Å². The molecule has 0 radical (unpaired) electrons.